The highest BCUT2D eigenvalue weighted by atomic mass is 31.2. The highest BCUT2D eigenvalue weighted by Gasteiger charge is 2.58. The lowest BCUT2D eigenvalue weighted by Gasteiger charge is -2.29. The summed E-state index contributed by atoms with van der Waals surface area (Å²) < 4.78 is 84.4. The van der Waals surface area contributed by atoms with Gasteiger partial charge in [-0.15, -0.1) is 0 Å². The van der Waals surface area contributed by atoms with E-state index >= 15 is 8.78 Å². The number of rotatable bonds is 37. The van der Waals surface area contributed by atoms with E-state index in [0.717, 1.165) is 31.1 Å². The quantitative estimate of drug-likeness (QED) is 0.00533. The van der Waals surface area contributed by atoms with Gasteiger partial charge in [0.2, 0.25) is 11.8 Å². The Balaban J connectivity index is 1.33. The number of aliphatic imine (C=N–C) groups is 1. The summed E-state index contributed by atoms with van der Waals surface area (Å²) in [4.78, 5) is 134. The van der Waals surface area contributed by atoms with E-state index in [1.807, 2.05) is 13.8 Å². The molecule has 1 fully saturated rings. The molecule has 4 atom stereocenters. The number of halogens is 2. The van der Waals surface area contributed by atoms with Crippen LogP contribution in [0.4, 0.5) is 24.1 Å². The summed E-state index contributed by atoms with van der Waals surface area (Å²) in [5.74, 6) is -7.36. The zero-order chi connectivity index (χ0) is 65.2. The molecule has 0 bridgehead atoms. The molecule has 1 aliphatic heterocycles. The van der Waals surface area contributed by atoms with Crippen molar-refractivity contribution < 1.29 is 96.5 Å². The summed E-state index contributed by atoms with van der Waals surface area (Å²) in [7, 11) is -11.3. The van der Waals surface area contributed by atoms with Crippen molar-refractivity contribution in [3.63, 3.8) is 0 Å². The van der Waals surface area contributed by atoms with Gasteiger partial charge in [-0.3, -0.25) is 38.1 Å². The Hall–Kier alpha value is -7.12. The molecule has 4 rings (SSSR count). The molecular formula is C58H81F2N7O18P2. The van der Waals surface area contributed by atoms with Gasteiger partial charge in [-0.2, -0.15) is 8.78 Å². The van der Waals surface area contributed by atoms with Crippen molar-refractivity contribution in [3.8, 4) is 0 Å². The third-order valence-corrected chi connectivity index (χ3v) is 17.7. The van der Waals surface area contributed by atoms with Gasteiger partial charge in [0.25, 0.3) is 5.08 Å². The maximum atomic E-state index is 16.2. The van der Waals surface area contributed by atoms with Crippen molar-refractivity contribution >= 4 is 68.6 Å². The van der Waals surface area contributed by atoms with E-state index in [4.69, 9.17) is 31.8 Å². The number of carbonyl (C=O) groups is 7. The van der Waals surface area contributed by atoms with Crippen molar-refractivity contribution in [2.75, 3.05) is 31.6 Å². The fourth-order valence-electron chi connectivity index (χ4n) is 9.16. The topological polar surface area (TPSA) is 395 Å². The number of benzene rings is 3. The van der Waals surface area contributed by atoms with Crippen molar-refractivity contribution in [2.24, 2.45) is 28.3 Å². The monoisotopic (exact) mass is 1270 g/mol. The largest absolute Gasteiger partial charge is 0.466 e. The molecule has 3 aromatic carbocycles. The number of carbonyl (C=O) groups excluding carboxylic acids is 7. The summed E-state index contributed by atoms with van der Waals surface area (Å²) in [6.45, 7) is 5.29. The smallest absolute Gasteiger partial charge is 0.408 e. The van der Waals surface area contributed by atoms with Crippen LogP contribution in [0.2, 0.25) is 0 Å². The molecule has 12 N–H and O–H groups in total. The molecule has 1 saturated heterocycles. The van der Waals surface area contributed by atoms with Gasteiger partial charge in [0.05, 0.1) is 26.5 Å². The van der Waals surface area contributed by atoms with Crippen LogP contribution in [-0.4, -0.2) is 127 Å². The molecule has 0 unspecified atom stereocenters. The average molecular weight is 1270 g/mol. The number of aliphatic hydroxyl groups is 1. The van der Waals surface area contributed by atoms with E-state index < -0.39 is 105 Å². The number of anilines is 1. The first-order valence-corrected chi connectivity index (χ1v) is 31.7. The molecule has 1 heterocycles. The van der Waals surface area contributed by atoms with Gasteiger partial charge in [-0.1, -0.05) is 99.5 Å². The lowest BCUT2D eigenvalue weighted by Crippen LogP contribution is -2.43. The Labute approximate surface area is 505 Å². The van der Waals surface area contributed by atoms with Crippen molar-refractivity contribution in [2.45, 2.75) is 153 Å². The maximum Gasteiger partial charge on any atom is 0.408 e. The van der Waals surface area contributed by atoms with E-state index in [0.29, 0.717) is 67.6 Å². The minimum atomic E-state index is -5.66. The number of amides is 4. The number of nitrogens with two attached hydrogens (primary N) is 2. The molecule has 0 radical (unpaired) electrons. The molecule has 4 amide bonds. The third kappa shape index (κ3) is 24.5. The Morgan fingerprint density at radius 1 is 0.839 bits per heavy atom. The first-order valence-electron chi connectivity index (χ1n) is 28.9. The zero-order valence-electron chi connectivity index (χ0n) is 49.9. The highest BCUT2D eigenvalue weighted by Crippen LogP contribution is 2.69. The Kier molecular flexibility index (Phi) is 28.4. The highest BCUT2D eigenvalue weighted by molar-refractivity contribution is 7.72. The second-order valence-electron chi connectivity index (χ2n) is 21.2. The number of hydrogen-bond donors (Lipinski definition) is 10. The van der Waals surface area contributed by atoms with Gasteiger partial charge in [-0.25, -0.2) is 9.59 Å². The fourth-order valence-corrected chi connectivity index (χ4v) is 11.4. The Morgan fingerprint density at radius 2 is 1.45 bits per heavy atom. The number of ether oxygens (including phenoxy) is 4. The van der Waals surface area contributed by atoms with Gasteiger partial charge in [0.15, 0.2) is 17.8 Å². The maximum absolute atomic E-state index is 16.2. The number of alkyl halides is 2. The normalized spacial score (nSPS) is 15.0. The van der Waals surface area contributed by atoms with Gasteiger partial charge < -0.3 is 75.9 Å². The van der Waals surface area contributed by atoms with Crippen LogP contribution < -0.4 is 27.4 Å². The third-order valence-electron chi connectivity index (χ3n) is 13.9. The molecule has 0 aliphatic carbocycles. The molecule has 1 aliphatic rings. The second-order valence-corrected chi connectivity index (χ2v) is 25.2. The predicted octanol–water partition coefficient (Wildman–Crippen LogP) is 6.91. The molecule has 3 aromatic rings. The van der Waals surface area contributed by atoms with Crippen LogP contribution in [0.15, 0.2) is 96.0 Å². The van der Waals surface area contributed by atoms with E-state index in [9.17, 15) is 67.4 Å². The number of likely N-dealkylation sites (tertiary alicyclic amines) is 1. The number of guanidine groups is 1. The van der Waals surface area contributed by atoms with Gasteiger partial charge in [0, 0.05) is 62.5 Å². The van der Waals surface area contributed by atoms with Crippen LogP contribution in [0, 0.1) is 11.8 Å². The average Bonchev–Trinajstić information content (AvgIpc) is 1.46. The SMILES string of the molecule is [3H]c1ccc(C(F)(F)[C@@H](/C=C/[C@H]2CCC(=O)N2CCCCCCC(=O)OCC)OC(=O)Cc2ccc(COC(=O)N[C@@H](CC(C)C)C(=O)C[C@@H](CCCN=C(N)N)C(=O)Nc3ccc(COC(=O)NCCCC(O)(P(=O)(O)O)P(=O)(O)O)cc3)cc2)cc1. The van der Waals surface area contributed by atoms with Crippen LogP contribution >= 0.6 is 15.2 Å². The van der Waals surface area contributed by atoms with Crippen LogP contribution in [0.5, 0.6) is 0 Å². The summed E-state index contributed by atoms with van der Waals surface area (Å²) in [5, 5.41) is 14.0. The molecule has 0 aromatic heterocycles. The summed E-state index contributed by atoms with van der Waals surface area (Å²) in [6, 6.07) is 15.2. The summed E-state index contributed by atoms with van der Waals surface area (Å²) >= 11 is 0. The van der Waals surface area contributed by atoms with Crippen LogP contribution in [0.3, 0.4) is 0 Å². The first kappa shape index (κ1) is 70.6. The van der Waals surface area contributed by atoms with Crippen LogP contribution in [-0.2, 0) is 77.6 Å². The number of nitrogens with one attached hydrogen (secondary N) is 3. The van der Waals surface area contributed by atoms with E-state index in [2.05, 4.69) is 20.9 Å². The van der Waals surface area contributed by atoms with E-state index in [1.165, 1.54) is 54.6 Å². The molecule has 29 heteroatoms. The number of esters is 2. The van der Waals surface area contributed by atoms with Gasteiger partial charge >= 0.3 is 45.2 Å². The van der Waals surface area contributed by atoms with Crippen LogP contribution in [0.25, 0.3) is 0 Å². The van der Waals surface area contributed by atoms with E-state index in [1.54, 1.807) is 24.0 Å². The number of unbranched alkanes of at least 4 members (excludes halogenated alkanes) is 3. The fraction of sp³-hybridized carbons (Fsp3) is 0.517. The Morgan fingerprint density at radius 3 is 2.06 bits per heavy atom. The number of nitrogens with zero attached hydrogens (tertiary/aromatic N) is 2. The lowest BCUT2D eigenvalue weighted by atomic mass is 9.90. The molecule has 0 spiro atoms. The van der Waals surface area contributed by atoms with Crippen LogP contribution in [0.1, 0.15) is 128 Å². The number of ketones is 1. The molecule has 87 heavy (non-hydrogen) atoms. The summed E-state index contributed by atoms with van der Waals surface area (Å²) in [6.07, 6.45) is 0.581. The first-order chi connectivity index (χ1) is 41.4. The predicted molar refractivity (Wildman–Crippen MR) is 315 cm³/mol. The Bertz CT molecular complexity index is 2940. The number of Topliss-reactive ketones (excluding diaryl/α,β-unsaturated/α-hetero) is 1. The van der Waals surface area contributed by atoms with Crippen molar-refractivity contribution in [3.05, 3.63) is 113 Å². The van der Waals surface area contributed by atoms with E-state index in [-0.39, 0.29) is 81.8 Å². The van der Waals surface area contributed by atoms with Crippen molar-refractivity contribution in [1.29, 1.82) is 0 Å². The number of alkyl carbamates (subject to hydrolysis) is 2. The van der Waals surface area contributed by atoms with Gasteiger partial charge in [-0.05, 0) is 92.7 Å². The molecule has 25 nitrogen and oxygen atoms in total. The second kappa shape index (κ2) is 35.0. The molecular weight excluding hydrogens is 1180 g/mol. The van der Waals surface area contributed by atoms with Crippen molar-refractivity contribution in [1.82, 2.24) is 15.5 Å². The lowest BCUT2D eigenvalue weighted by molar-refractivity contribution is -0.167. The minimum absolute atomic E-state index is 0.00204. The molecule has 480 valence electrons. The minimum Gasteiger partial charge on any atom is -0.466 e. The molecule has 0 saturated carbocycles. The van der Waals surface area contributed by atoms with Gasteiger partial charge in [0.1, 0.15) is 13.2 Å². The summed E-state index contributed by atoms with van der Waals surface area (Å²) in [5.41, 5.74) is 12.1. The standard InChI is InChI=1S/C58H81F2N7O18P2/c1-4-82-51(70)17-10-5-6-11-33-67-46(27-29-50(67)69)26-28-49(58(59,60)44-15-8-7-9-16-44)85-52(71)35-40-18-20-41(21-19-40)38-84-56(74)66-47(34-39(2)3)48(68)36-43(14-12-31-63-54(61)62)53(72)65-45-24-22-42(23-25-45)37-83-55(73)64-32-13-30-57(75,86(76,77)78)87(79,80)81/h7-9,15-16,18-26,28,39,43,46-47,49,75H,4-6,10-14,17,27,29-38H2,1-3H3,(H,64,73)(H,65,72)(H,66,74)(H4,61,62,63)(H2,76,77,78)(H2,79,80,81)/b28-26+/t43-,46+,47+,49-/m1/s1/i7T. The zero-order valence-corrected chi connectivity index (χ0v) is 50.6. The number of hydrogen-bond acceptors (Lipinski definition) is 15.